The summed E-state index contributed by atoms with van der Waals surface area (Å²) < 4.78 is 30.3. The molecule has 1 aliphatic rings. The molecule has 0 unspecified atom stereocenters. The third-order valence-electron chi connectivity index (χ3n) is 5.22. The maximum absolute atomic E-state index is 6.09. The van der Waals surface area contributed by atoms with Crippen LogP contribution in [0.2, 0.25) is 0 Å². The molecule has 3 heterocycles. The second kappa shape index (κ2) is 11.1. The zero-order valence-corrected chi connectivity index (χ0v) is 22.4. The van der Waals surface area contributed by atoms with Crippen molar-refractivity contribution in [1.29, 1.82) is 0 Å². The Balaban J connectivity index is 1.45. The van der Waals surface area contributed by atoms with Gasteiger partial charge in [-0.3, -0.25) is 0 Å². The highest BCUT2D eigenvalue weighted by atomic mass is 32.2. The van der Waals surface area contributed by atoms with E-state index in [1.54, 1.807) is 42.5 Å². The molecule has 0 atom stereocenters. The average molecular weight is 557 g/mol. The number of rotatable bonds is 2. The molecule has 0 radical (unpaired) electrons. The van der Waals surface area contributed by atoms with E-state index in [4.69, 9.17) is 23.7 Å². The second-order valence-corrected chi connectivity index (χ2v) is 9.54. The quantitative estimate of drug-likeness (QED) is 0.153. The van der Waals surface area contributed by atoms with Gasteiger partial charge in [-0.25, -0.2) is 0 Å². The van der Waals surface area contributed by atoms with Gasteiger partial charge < -0.3 is 23.7 Å². The standard InChI is InChI=1S/C28H20N4O5S2/c1-38-27-29-23-15-25(31-27)36-21-10-5-11-22(14-21)37-26-16-24(30-28(32-26)39-2)35-20-9-4-7-18(13-20)33-17-6-3-8-19(12-17)34-23/h3-16H,1-2H3. The maximum Gasteiger partial charge on any atom is 0.227 e. The van der Waals surface area contributed by atoms with Gasteiger partial charge in [0, 0.05) is 18.2 Å². The van der Waals surface area contributed by atoms with Crippen molar-refractivity contribution < 1.29 is 23.7 Å². The van der Waals surface area contributed by atoms with Gasteiger partial charge in [0.1, 0.15) is 34.5 Å². The Morgan fingerprint density at radius 1 is 0.410 bits per heavy atom. The second-order valence-electron chi connectivity index (χ2n) is 8.00. The number of nitrogens with zero attached hydrogens (tertiary/aromatic N) is 4. The Morgan fingerprint density at radius 2 is 0.692 bits per heavy atom. The summed E-state index contributed by atoms with van der Waals surface area (Å²) >= 11 is 2.76. The Kier molecular flexibility index (Phi) is 7.07. The number of benzene rings is 3. The highest BCUT2D eigenvalue weighted by Crippen LogP contribution is 2.35. The Labute approximate surface area is 232 Å². The van der Waals surface area contributed by atoms with Crippen LogP contribution in [0.3, 0.4) is 0 Å². The van der Waals surface area contributed by atoms with E-state index >= 15 is 0 Å². The minimum absolute atomic E-state index is 0.322. The van der Waals surface area contributed by atoms with E-state index in [1.807, 2.05) is 55.0 Å². The van der Waals surface area contributed by atoms with Crippen molar-refractivity contribution in [2.24, 2.45) is 0 Å². The molecule has 39 heavy (non-hydrogen) atoms. The van der Waals surface area contributed by atoms with Crippen LogP contribution < -0.4 is 23.7 Å². The zero-order chi connectivity index (χ0) is 26.6. The number of hydrogen-bond acceptors (Lipinski definition) is 11. The molecular weight excluding hydrogens is 536 g/mol. The summed E-state index contributed by atoms with van der Waals surface area (Å²) in [6.45, 7) is 0. The summed E-state index contributed by atoms with van der Waals surface area (Å²) in [6.07, 6.45) is 3.76. The third kappa shape index (κ3) is 6.16. The van der Waals surface area contributed by atoms with E-state index in [0.29, 0.717) is 68.3 Å². The van der Waals surface area contributed by atoms with Crippen LogP contribution in [0, 0.1) is 0 Å². The molecule has 6 rings (SSSR count). The monoisotopic (exact) mass is 556 g/mol. The molecule has 0 amide bonds. The van der Waals surface area contributed by atoms with Gasteiger partial charge in [0.15, 0.2) is 10.3 Å². The van der Waals surface area contributed by atoms with Crippen molar-refractivity contribution in [1.82, 2.24) is 19.9 Å². The van der Waals surface area contributed by atoms with Gasteiger partial charge in [0.25, 0.3) is 0 Å². The van der Waals surface area contributed by atoms with Crippen LogP contribution >= 0.6 is 23.5 Å². The number of fused-ring (bicyclic) bond motifs is 10. The van der Waals surface area contributed by atoms with Crippen LogP contribution in [0.25, 0.3) is 0 Å². The van der Waals surface area contributed by atoms with Crippen LogP contribution in [0.1, 0.15) is 0 Å². The number of hydrogen-bond donors (Lipinski definition) is 0. The van der Waals surface area contributed by atoms with E-state index in [1.165, 1.54) is 23.5 Å². The SMILES string of the molecule is CSc1nc2cc(n1)Oc1cccc(c1)Oc1cc(nc(SC)n1)Oc1cccc(c1)Oc1cccc(c1)O2. The van der Waals surface area contributed by atoms with Crippen molar-refractivity contribution in [3.05, 3.63) is 84.9 Å². The van der Waals surface area contributed by atoms with Gasteiger partial charge in [0.05, 0.1) is 12.1 Å². The van der Waals surface area contributed by atoms with Crippen LogP contribution in [0.5, 0.6) is 58.0 Å². The highest BCUT2D eigenvalue weighted by molar-refractivity contribution is 7.98. The molecule has 0 N–H and O–H groups in total. The lowest BCUT2D eigenvalue weighted by Crippen LogP contribution is -1.97. The molecule has 0 spiro atoms. The van der Waals surface area contributed by atoms with Crippen molar-refractivity contribution in [3.8, 4) is 58.0 Å². The predicted molar refractivity (Wildman–Crippen MR) is 147 cm³/mol. The topological polar surface area (TPSA) is 97.7 Å². The minimum Gasteiger partial charge on any atom is -0.457 e. The van der Waals surface area contributed by atoms with E-state index in [2.05, 4.69) is 19.9 Å². The van der Waals surface area contributed by atoms with Gasteiger partial charge in [-0.2, -0.15) is 19.9 Å². The lowest BCUT2D eigenvalue weighted by molar-refractivity contribution is 0.410. The molecule has 9 nitrogen and oxygen atoms in total. The molecule has 0 fully saturated rings. The fourth-order valence-electron chi connectivity index (χ4n) is 3.58. The first-order valence-corrected chi connectivity index (χ1v) is 14.1. The highest BCUT2D eigenvalue weighted by Gasteiger charge is 2.13. The zero-order valence-electron chi connectivity index (χ0n) is 20.7. The van der Waals surface area contributed by atoms with Gasteiger partial charge in [0.2, 0.25) is 23.5 Å². The molecule has 1 aliphatic heterocycles. The molecule has 0 aliphatic carbocycles. The first-order valence-electron chi connectivity index (χ1n) is 11.7. The van der Waals surface area contributed by atoms with E-state index in [0.717, 1.165) is 0 Å². The summed E-state index contributed by atoms with van der Waals surface area (Å²) in [4.78, 5) is 17.8. The Bertz CT molecular complexity index is 1540. The normalized spacial score (nSPS) is 12.1. The fraction of sp³-hybridized carbons (Fsp3) is 0.0714. The first-order chi connectivity index (χ1) is 19.1. The van der Waals surface area contributed by atoms with Crippen LogP contribution in [0.4, 0.5) is 0 Å². The fourth-order valence-corrected chi connectivity index (χ4v) is 4.31. The summed E-state index contributed by atoms with van der Waals surface area (Å²) in [5.41, 5.74) is 0. The number of ether oxygens (including phenoxy) is 5. The molecule has 11 heteroatoms. The molecule has 3 aromatic carbocycles. The number of aromatic nitrogens is 4. The van der Waals surface area contributed by atoms with Crippen LogP contribution in [-0.2, 0) is 0 Å². The first kappa shape index (κ1) is 24.8. The maximum atomic E-state index is 6.09. The summed E-state index contributed by atoms with van der Waals surface area (Å²) in [5, 5.41) is 0.999. The molecular formula is C28H20N4O5S2. The Morgan fingerprint density at radius 3 is 0.974 bits per heavy atom. The average Bonchev–Trinajstić information content (AvgIpc) is 2.93. The number of thioether (sulfide) groups is 2. The molecule has 5 aromatic rings. The lowest BCUT2D eigenvalue weighted by atomic mass is 10.3. The van der Waals surface area contributed by atoms with Gasteiger partial charge in [-0.1, -0.05) is 41.7 Å². The van der Waals surface area contributed by atoms with Crippen molar-refractivity contribution >= 4 is 23.5 Å². The summed E-state index contributed by atoms with van der Waals surface area (Å²) in [7, 11) is 0. The van der Waals surface area contributed by atoms with Crippen molar-refractivity contribution in [2.75, 3.05) is 12.5 Å². The van der Waals surface area contributed by atoms with Gasteiger partial charge in [-0.15, -0.1) is 0 Å². The Hall–Kier alpha value is -4.48. The largest absolute Gasteiger partial charge is 0.457 e. The van der Waals surface area contributed by atoms with Gasteiger partial charge >= 0.3 is 0 Å². The van der Waals surface area contributed by atoms with Gasteiger partial charge in [-0.05, 0) is 48.9 Å². The van der Waals surface area contributed by atoms with Crippen LogP contribution in [0.15, 0.2) is 95.2 Å². The third-order valence-corrected chi connectivity index (χ3v) is 6.32. The van der Waals surface area contributed by atoms with Crippen molar-refractivity contribution in [2.45, 2.75) is 10.3 Å². The lowest BCUT2D eigenvalue weighted by Gasteiger charge is -2.13. The van der Waals surface area contributed by atoms with E-state index in [9.17, 15) is 0 Å². The summed E-state index contributed by atoms with van der Waals surface area (Å²) in [5.74, 6) is 4.57. The predicted octanol–water partition coefficient (Wildman–Crippen LogP) is 7.99. The minimum atomic E-state index is 0.322. The van der Waals surface area contributed by atoms with E-state index in [-0.39, 0.29) is 0 Å². The molecule has 10 bridgehead atoms. The van der Waals surface area contributed by atoms with Crippen molar-refractivity contribution in [3.63, 3.8) is 0 Å². The molecule has 0 saturated heterocycles. The smallest absolute Gasteiger partial charge is 0.227 e. The molecule has 0 saturated carbocycles. The summed E-state index contributed by atoms with van der Waals surface area (Å²) in [6, 6.07) is 24.9. The van der Waals surface area contributed by atoms with Crippen LogP contribution in [-0.4, -0.2) is 32.4 Å². The molecule has 2 aromatic heterocycles. The molecule has 194 valence electrons. The van der Waals surface area contributed by atoms with E-state index < -0.39 is 0 Å².